The standard InChI is InChI=1S/C16H22O4/c1-9(2)5-6-10-14(19)12(17)7-11-13(18)8-16(3,4)20-15(10)11/h5-6,12,14,17,19H,7-8H2,1-4H3/t12-,14+/m0/s1. The summed E-state index contributed by atoms with van der Waals surface area (Å²) in [7, 11) is 0. The Balaban J connectivity index is 2.52. The number of ether oxygens (including phenoxy) is 1. The quantitative estimate of drug-likeness (QED) is 0.770. The van der Waals surface area contributed by atoms with Crippen molar-refractivity contribution in [2.45, 2.75) is 58.3 Å². The highest BCUT2D eigenvalue weighted by atomic mass is 16.5. The highest BCUT2D eigenvalue weighted by molar-refractivity contribution is 5.98. The van der Waals surface area contributed by atoms with Crippen molar-refractivity contribution in [3.05, 3.63) is 34.6 Å². The Morgan fingerprint density at radius 1 is 1.35 bits per heavy atom. The molecule has 20 heavy (non-hydrogen) atoms. The van der Waals surface area contributed by atoms with E-state index in [4.69, 9.17) is 4.74 Å². The second-order valence-corrected chi connectivity index (χ2v) is 6.35. The van der Waals surface area contributed by atoms with Gasteiger partial charge in [0.1, 0.15) is 17.5 Å². The van der Waals surface area contributed by atoms with Gasteiger partial charge in [0.05, 0.1) is 12.5 Å². The fraction of sp³-hybridized carbons (Fsp3) is 0.562. The number of aliphatic hydroxyl groups excluding tert-OH is 2. The zero-order valence-electron chi connectivity index (χ0n) is 12.4. The number of carbonyl (C=O) groups is 1. The molecule has 1 heterocycles. The molecule has 0 saturated carbocycles. The molecule has 1 aliphatic heterocycles. The first-order chi connectivity index (χ1) is 9.21. The zero-order chi connectivity index (χ0) is 15.1. The van der Waals surface area contributed by atoms with Crippen LogP contribution in [0, 0.1) is 0 Å². The van der Waals surface area contributed by atoms with Crippen molar-refractivity contribution in [2.24, 2.45) is 0 Å². The first-order valence-electron chi connectivity index (χ1n) is 6.88. The fourth-order valence-corrected chi connectivity index (χ4v) is 2.53. The number of Topliss-reactive ketones (excluding diaryl/α,β-unsaturated/α-hetero) is 1. The van der Waals surface area contributed by atoms with Gasteiger partial charge in [-0.25, -0.2) is 0 Å². The topological polar surface area (TPSA) is 66.8 Å². The summed E-state index contributed by atoms with van der Waals surface area (Å²) < 4.78 is 5.90. The Labute approximate surface area is 119 Å². The van der Waals surface area contributed by atoms with Gasteiger partial charge in [-0.05, 0) is 27.7 Å². The normalized spacial score (nSPS) is 30.9. The van der Waals surface area contributed by atoms with Crippen LogP contribution in [0.3, 0.4) is 0 Å². The van der Waals surface area contributed by atoms with Crippen molar-refractivity contribution < 1.29 is 19.7 Å². The average molecular weight is 278 g/mol. The highest BCUT2D eigenvalue weighted by Crippen LogP contribution is 2.40. The second-order valence-electron chi connectivity index (χ2n) is 6.35. The van der Waals surface area contributed by atoms with Crippen LogP contribution in [0.25, 0.3) is 0 Å². The van der Waals surface area contributed by atoms with E-state index in [2.05, 4.69) is 0 Å². The van der Waals surface area contributed by atoms with Gasteiger partial charge in [-0.1, -0.05) is 17.7 Å². The molecule has 0 aromatic carbocycles. The third-order valence-corrected chi connectivity index (χ3v) is 3.53. The summed E-state index contributed by atoms with van der Waals surface area (Å²) in [5, 5.41) is 20.1. The van der Waals surface area contributed by atoms with Crippen LogP contribution in [0.2, 0.25) is 0 Å². The Bertz CT molecular complexity index is 519. The van der Waals surface area contributed by atoms with Crippen molar-refractivity contribution in [3.63, 3.8) is 0 Å². The molecule has 0 radical (unpaired) electrons. The number of hydrogen-bond acceptors (Lipinski definition) is 4. The van der Waals surface area contributed by atoms with Crippen LogP contribution >= 0.6 is 0 Å². The number of allylic oxidation sites excluding steroid dienone is 3. The fourth-order valence-electron chi connectivity index (χ4n) is 2.53. The van der Waals surface area contributed by atoms with Gasteiger partial charge in [0, 0.05) is 17.6 Å². The van der Waals surface area contributed by atoms with Crippen molar-refractivity contribution >= 4 is 5.78 Å². The maximum atomic E-state index is 12.2. The minimum Gasteiger partial charge on any atom is -0.487 e. The zero-order valence-corrected chi connectivity index (χ0v) is 12.4. The third-order valence-electron chi connectivity index (χ3n) is 3.53. The molecular formula is C16H22O4. The van der Waals surface area contributed by atoms with E-state index >= 15 is 0 Å². The molecule has 4 nitrogen and oxygen atoms in total. The van der Waals surface area contributed by atoms with Crippen molar-refractivity contribution in [3.8, 4) is 0 Å². The average Bonchev–Trinajstić information content (AvgIpc) is 2.30. The lowest BCUT2D eigenvalue weighted by molar-refractivity contribution is -0.124. The summed E-state index contributed by atoms with van der Waals surface area (Å²) in [5.74, 6) is 0.437. The maximum Gasteiger partial charge on any atom is 0.166 e. The monoisotopic (exact) mass is 278 g/mol. The van der Waals surface area contributed by atoms with E-state index in [-0.39, 0.29) is 12.2 Å². The second kappa shape index (κ2) is 5.19. The molecule has 0 unspecified atom stereocenters. The lowest BCUT2D eigenvalue weighted by Crippen LogP contribution is -2.42. The summed E-state index contributed by atoms with van der Waals surface area (Å²) in [5.41, 5.74) is 1.46. The van der Waals surface area contributed by atoms with Gasteiger partial charge in [0.25, 0.3) is 0 Å². The Morgan fingerprint density at radius 2 is 2.00 bits per heavy atom. The van der Waals surface area contributed by atoms with Crippen molar-refractivity contribution in [1.29, 1.82) is 0 Å². The first kappa shape index (κ1) is 15.0. The number of aliphatic hydroxyl groups is 2. The lowest BCUT2D eigenvalue weighted by Gasteiger charge is -2.39. The smallest absolute Gasteiger partial charge is 0.166 e. The largest absolute Gasteiger partial charge is 0.487 e. The van der Waals surface area contributed by atoms with E-state index in [0.717, 1.165) is 5.57 Å². The third kappa shape index (κ3) is 2.86. The number of ketones is 1. The summed E-state index contributed by atoms with van der Waals surface area (Å²) >= 11 is 0. The first-order valence-corrected chi connectivity index (χ1v) is 6.88. The molecule has 2 N–H and O–H groups in total. The molecule has 4 heteroatoms. The molecule has 110 valence electrons. The molecule has 0 aromatic rings. The van der Waals surface area contributed by atoms with Gasteiger partial charge in [-0.3, -0.25) is 4.79 Å². The number of carbonyl (C=O) groups excluding carboxylic acids is 1. The summed E-state index contributed by atoms with van der Waals surface area (Å²) in [6, 6.07) is 0. The number of rotatable bonds is 1. The molecule has 2 aliphatic rings. The summed E-state index contributed by atoms with van der Waals surface area (Å²) in [4.78, 5) is 12.2. The highest BCUT2D eigenvalue weighted by Gasteiger charge is 2.42. The van der Waals surface area contributed by atoms with Crippen LogP contribution < -0.4 is 0 Å². The van der Waals surface area contributed by atoms with Crippen LogP contribution in [0.5, 0.6) is 0 Å². The molecule has 0 spiro atoms. The van der Waals surface area contributed by atoms with Gasteiger partial charge < -0.3 is 14.9 Å². The van der Waals surface area contributed by atoms with Crippen LogP contribution in [0.1, 0.15) is 40.5 Å². The minimum atomic E-state index is -1.02. The SMILES string of the molecule is CC(C)=CC=C1C2=C(C[C@H](O)[C@@H]1O)C(=O)CC(C)(C)O2. The van der Waals surface area contributed by atoms with Crippen molar-refractivity contribution in [1.82, 2.24) is 0 Å². The maximum absolute atomic E-state index is 12.2. The van der Waals surface area contributed by atoms with E-state index in [1.165, 1.54) is 0 Å². The molecule has 0 fully saturated rings. The summed E-state index contributed by atoms with van der Waals surface area (Å²) in [6.45, 7) is 7.58. The van der Waals surface area contributed by atoms with Gasteiger partial charge in [0.15, 0.2) is 5.78 Å². The predicted molar refractivity (Wildman–Crippen MR) is 76.0 cm³/mol. The molecule has 0 saturated heterocycles. The van der Waals surface area contributed by atoms with Crippen LogP contribution in [0.4, 0.5) is 0 Å². The van der Waals surface area contributed by atoms with Crippen LogP contribution in [0.15, 0.2) is 34.6 Å². The van der Waals surface area contributed by atoms with Gasteiger partial charge >= 0.3 is 0 Å². The van der Waals surface area contributed by atoms with Gasteiger partial charge in [-0.2, -0.15) is 0 Å². The van der Waals surface area contributed by atoms with Crippen molar-refractivity contribution in [2.75, 3.05) is 0 Å². The van der Waals surface area contributed by atoms with Crippen LogP contribution in [-0.4, -0.2) is 33.8 Å². The van der Waals surface area contributed by atoms with Gasteiger partial charge in [0.2, 0.25) is 0 Å². The minimum absolute atomic E-state index is 0.00898. The molecule has 1 aliphatic carbocycles. The summed E-state index contributed by atoms with van der Waals surface area (Å²) in [6.07, 6.45) is 2.04. The van der Waals surface area contributed by atoms with E-state index in [1.54, 1.807) is 6.08 Å². The predicted octanol–water partition coefficient (Wildman–Crippen LogP) is 2.03. The molecule has 2 rings (SSSR count). The number of hydrogen-bond donors (Lipinski definition) is 2. The Kier molecular flexibility index (Phi) is 3.89. The lowest BCUT2D eigenvalue weighted by atomic mass is 9.81. The molecule has 0 aromatic heterocycles. The molecule has 0 bridgehead atoms. The van der Waals surface area contributed by atoms with E-state index in [9.17, 15) is 15.0 Å². The molecule has 0 amide bonds. The van der Waals surface area contributed by atoms with E-state index < -0.39 is 17.8 Å². The van der Waals surface area contributed by atoms with E-state index in [1.807, 2.05) is 33.8 Å². The molecule has 2 atom stereocenters. The molecular weight excluding hydrogens is 256 g/mol. The van der Waals surface area contributed by atoms with E-state index in [0.29, 0.717) is 23.3 Å². The Hall–Kier alpha value is -1.39. The Morgan fingerprint density at radius 3 is 2.60 bits per heavy atom. The van der Waals surface area contributed by atoms with Crippen LogP contribution in [-0.2, 0) is 9.53 Å². The van der Waals surface area contributed by atoms with Gasteiger partial charge in [-0.15, -0.1) is 0 Å².